The molecule has 0 atom stereocenters. The van der Waals surface area contributed by atoms with Crippen molar-refractivity contribution in [2.24, 2.45) is 0 Å². The van der Waals surface area contributed by atoms with Crippen LogP contribution in [0.1, 0.15) is 5.56 Å². The van der Waals surface area contributed by atoms with Crippen molar-refractivity contribution in [3.63, 3.8) is 0 Å². The van der Waals surface area contributed by atoms with Crippen molar-refractivity contribution >= 4 is 11.1 Å². The van der Waals surface area contributed by atoms with Gasteiger partial charge in [0.05, 0.1) is 0 Å². The Labute approximate surface area is 73.6 Å². The molecular weight excluding hydrogens is 172 g/mol. The third-order valence-electron chi connectivity index (χ3n) is 1.83. The van der Waals surface area contributed by atoms with E-state index in [1.54, 1.807) is 12.1 Å². The highest BCUT2D eigenvalue weighted by molar-refractivity contribution is 5.80. The molecule has 3 N–H and O–H groups in total. The predicted octanol–water partition coefficient (Wildman–Crippen LogP) is 1.01. The van der Waals surface area contributed by atoms with Gasteiger partial charge in [0.2, 0.25) is 0 Å². The molecule has 0 aliphatic rings. The van der Waals surface area contributed by atoms with Gasteiger partial charge in [0.25, 0.3) is 0 Å². The topological polar surface area (TPSA) is 78.5 Å². The molecule has 1 aromatic carbocycles. The number of phenolic OH excluding ortho intramolecular Hbond substituents is 1. The molecule has 0 fully saturated rings. The average molecular weight is 180 g/mol. The summed E-state index contributed by atoms with van der Waals surface area (Å²) in [6.45, 7) is 0.169. The highest BCUT2D eigenvalue weighted by atomic mass is 16.5. The van der Waals surface area contributed by atoms with Gasteiger partial charge in [0, 0.05) is 12.1 Å². The first-order valence-corrected chi connectivity index (χ1v) is 3.74. The summed E-state index contributed by atoms with van der Waals surface area (Å²) in [5, 5.41) is 18.0. The largest absolute Gasteiger partial charge is 0.504 e. The number of aromatic nitrogens is 1. The molecule has 2 aromatic rings. The molecule has 68 valence electrons. The summed E-state index contributed by atoms with van der Waals surface area (Å²) >= 11 is 0. The fourth-order valence-electron chi connectivity index (χ4n) is 1.18. The first-order chi connectivity index (χ1) is 6.33. The molecule has 0 saturated carbocycles. The van der Waals surface area contributed by atoms with Gasteiger partial charge >= 0.3 is 0 Å². The van der Waals surface area contributed by atoms with Crippen LogP contribution in [0, 0.1) is 0 Å². The van der Waals surface area contributed by atoms with Gasteiger partial charge in [-0.1, -0.05) is 6.07 Å². The van der Waals surface area contributed by atoms with E-state index in [1.807, 2.05) is 5.48 Å². The zero-order chi connectivity index (χ0) is 9.26. The van der Waals surface area contributed by atoms with E-state index >= 15 is 0 Å². The Bertz CT molecular complexity index is 424. The van der Waals surface area contributed by atoms with E-state index in [9.17, 15) is 5.11 Å². The summed E-state index contributed by atoms with van der Waals surface area (Å²) in [6, 6.07) is 3.38. The van der Waals surface area contributed by atoms with Crippen LogP contribution in [0.25, 0.3) is 11.1 Å². The van der Waals surface area contributed by atoms with Crippen molar-refractivity contribution in [2.75, 3.05) is 0 Å². The molecule has 0 saturated heterocycles. The summed E-state index contributed by atoms with van der Waals surface area (Å²) < 4.78 is 4.97. The van der Waals surface area contributed by atoms with Crippen molar-refractivity contribution in [3.8, 4) is 5.75 Å². The van der Waals surface area contributed by atoms with Crippen LogP contribution in [-0.4, -0.2) is 15.3 Å². The maximum Gasteiger partial charge on any atom is 0.196 e. The Morgan fingerprint density at radius 3 is 3.08 bits per heavy atom. The van der Waals surface area contributed by atoms with Gasteiger partial charge in [-0.3, -0.25) is 0 Å². The maximum atomic E-state index is 9.58. The van der Waals surface area contributed by atoms with Crippen LogP contribution in [0.3, 0.4) is 0 Å². The molecule has 0 aliphatic heterocycles. The van der Waals surface area contributed by atoms with Gasteiger partial charge in [-0.25, -0.2) is 10.5 Å². The number of nitrogens with one attached hydrogen (secondary N) is 1. The molecule has 2 rings (SSSR count). The van der Waals surface area contributed by atoms with Gasteiger partial charge in [-0.2, -0.15) is 0 Å². The zero-order valence-corrected chi connectivity index (χ0v) is 6.69. The van der Waals surface area contributed by atoms with Crippen molar-refractivity contribution < 1.29 is 14.7 Å². The van der Waals surface area contributed by atoms with Crippen LogP contribution < -0.4 is 5.48 Å². The van der Waals surface area contributed by atoms with Crippen molar-refractivity contribution in [3.05, 3.63) is 24.1 Å². The molecule has 5 heteroatoms. The number of nitrogens with zero attached hydrogens (tertiary/aromatic N) is 1. The zero-order valence-electron chi connectivity index (χ0n) is 6.69. The number of phenols is 1. The summed E-state index contributed by atoms with van der Waals surface area (Å²) in [5.74, 6) is 0.0107. The second-order valence-electron chi connectivity index (χ2n) is 2.61. The monoisotopic (exact) mass is 180 g/mol. The Morgan fingerprint density at radius 1 is 1.46 bits per heavy atom. The summed E-state index contributed by atoms with van der Waals surface area (Å²) in [7, 11) is 0. The average Bonchev–Trinajstić information content (AvgIpc) is 2.58. The second-order valence-corrected chi connectivity index (χ2v) is 2.61. The number of oxazole rings is 1. The molecule has 0 unspecified atom stereocenters. The third kappa shape index (κ3) is 1.24. The molecule has 0 aliphatic carbocycles. The molecule has 1 heterocycles. The van der Waals surface area contributed by atoms with Crippen LogP contribution in [-0.2, 0) is 6.54 Å². The van der Waals surface area contributed by atoms with E-state index < -0.39 is 0 Å². The minimum Gasteiger partial charge on any atom is -0.504 e. The fourth-order valence-corrected chi connectivity index (χ4v) is 1.18. The number of hydroxylamine groups is 1. The first-order valence-electron chi connectivity index (χ1n) is 3.74. The lowest BCUT2D eigenvalue weighted by molar-refractivity contribution is 0.160. The lowest BCUT2D eigenvalue weighted by atomic mass is 10.2. The molecular formula is C8H8N2O3. The molecule has 0 radical (unpaired) electrons. The van der Waals surface area contributed by atoms with Crippen LogP contribution in [0.5, 0.6) is 5.75 Å². The summed E-state index contributed by atoms with van der Waals surface area (Å²) in [6.07, 6.45) is 1.26. The van der Waals surface area contributed by atoms with Crippen molar-refractivity contribution in [1.82, 2.24) is 10.5 Å². The smallest absolute Gasteiger partial charge is 0.196 e. The van der Waals surface area contributed by atoms with E-state index in [0.717, 1.165) is 0 Å². The fraction of sp³-hybridized carbons (Fsp3) is 0.125. The van der Waals surface area contributed by atoms with E-state index in [4.69, 9.17) is 9.62 Å². The number of rotatable bonds is 2. The summed E-state index contributed by atoms with van der Waals surface area (Å²) in [4.78, 5) is 3.87. The number of benzene rings is 1. The van der Waals surface area contributed by atoms with Crippen LogP contribution >= 0.6 is 0 Å². The van der Waals surface area contributed by atoms with E-state index in [1.165, 1.54) is 6.39 Å². The predicted molar refractivity (Wildman–Crippen MR) is 44.3 cm³/mol. The van der Waals surface area contributed by atoms with Gasteiger partial charge in [0.1, 0.15) is 5.52 Å². The minimum absolute atomic E-state index is 0.0107. The van der Waals surface area contributed by atoms with E-state index in [2.05, 4.69) is 4.98 Å². The minimum atomic E-state index is 0.0107. The van der Waals surface area contributed by atoms with Crippen LogP contribution in [0.15, 0.2) is 22.9 Å². The maximum absolute atomic E-state index is 9.58. The van der Waals surface area contributed by atoms with Gasteiger partial charge < -0.3 is 14.7 Å². The number of fused-ring (bicyclic) bond motifs is 1. The lowest BCUT2D eigenvalue weighted by Gasteiger charge is -2.01. The second kappa shape index (κ2) is 3.04. The number of hydrogen-bond acceptors (Lipinski definition) is 5. The lowest BCUT2D eigenvalue weighted by Crippen LogP contribution is -2.05. The molecule has 0 amide bonds. The number of aromatic hydroxyl groups is 1. The Kier molecular flexibility index (Phi) is 1.88. The molecule has 0 spiro atoms. The summed E-state index contributed by atoms with van der Waals surface area (Å²) in [5.41, 5.74) is 3.46. The third-order valence-corrected chi connectivity index (χ3v) is 1.83. The molecule has 5 nitrogen and oxygen atoms in total. The van der Waals surface area contributed by atoms with Crippen LogP contribution in [0.2, 0.25) is 0 Å². The quantitative estimate of drug-likeness (QED) is 0.601. The Morgan fingerprint density at radius 2 is 2.31 bits per heavy atom. The normalized spacial score (nSPS) is 10.8. The molecule has 1 aromatic heterocycles. The van der Waals surface area contributed by atoms with E-state index in [0.29, 0.717) is 16.7 Å². The van der Waals surface area contributed by atoms with Crippen molar-refractivity contribution in [1.29, 1.82) is 0 Å². The standard InChI is InChI=1S/C8H8N2O3/c11-7-5(3-10-12)1-2-6-8(7)13-4-9-6/h1-2,4,10-12H,3H2. The highest BCUT2D eigenvalue weighted by Gasteiger charge is 2.08. The van der Waals surface area contributed by atoms with Crippen molar-refractivity contribution in [2.45, 2.75) is 6.54 Å². The Hall–Kier alpha value is -1.59. The Balaban J connectivity index is 2.59. The molecule has 13 heavy (non-hydrogen) atoms. The SMILES string of the molecule is ONCc1ccc2ncoc2c1O. The first kappa shape index (κ1) is 8.03. The molecule has 0 bridgehead atoms. The number of hydrogen-bond donors (Lipinski definition) is 3. The van der Waals surface area contributed by atoms with Crippen LogP contribution in [0.4, 0.5) is 0 Å². The van der Waals surface area contributed by atoms with Gasteiger partial charge in [-0.15, -0.1) is 0 Å². The highest BCUT2D eigenvalue weighted by Crippen LogP contribution is 2.27. The van der Waals surface area contributed by atoms with E-state index in [-0.39, 0.29) is 12.3 Å². The van der Waals surface area contributed by atoms with Gasteiger partial charge in [0.15, 0.2) is 17.7 Å². The van der Waals surface area contributed by atoms with Gasteiger partial charge in [-0.05, 0) is 6.07 Å².